The van der Waals surface area contributed by atoms with Crippen LogP contribution in [-0.4, -0.2) is 25.1 Å². The largest absolute Gasteiger partial charge is 0.506 e. The summed E-state index contributed by atoms with van der Waals surface area (Å²) >= 11 is 0. The molecule has 0 bridgehead atoms. The topological polar surface area (TPSA) is 104 Å². The Labute approximate surface area is 109 Å². The second-order valence-electron chi connectivity index (χ2n) is 4.17. The Bertz CT molecular complexity index is 581. The van der Waals surface area contributed by atoms with Gasteiger partial charge < -0.3 is 15.1 Å². The van der Waals surface area contributed by atoms with Gasteiger partial charge in [-0.05, 0) is 12.1 Å². The van der Waals surface area contributed by atoms with Crippen LogP contribution in [0.3, 0.4) is 0 Å². The summed E-state index contributed by atoms with van der Waals surface area (Å²) in [6.07, 6.45) is 4.97. The van der Waals surface area contributed by atoms with Crippen molar-refractivity contribution in [1.29, 1.82) is 0 Å². The Hall–Kier alpha value is -1.91. The van der Waals surface area contributed by atoms with Gasteiger partial charge in [0.1, 0.15) is 11.5 Å². The molecule has 2 aromatic heterocycles. The first kappa shape index (κ1) is 13.5. The van der Waals surface area contributed by atoms with Crippen molar-refractivity contribution in [1.82, 2.24) is 9.97 Å². The predicted molar refractivity (Wildman–Crippen MR) is 69.0 cm³/mol. The third kappa shape index (κ3) is 3.53. The van der Waals surface area contributed by atoms with E-state index in [1.165, 1.54) is 36.9 Å². The fourth-order valence-electron chi connectivity index (χ4n) is 1.69. The van der Waals surface area contributed by atoms with Crippen molar-refractivity contribution in [3.63, 3.8) is 0 Å². The van der Waals surface area contributed by atoms with Gasteiger partial charge in [-0.15, -0.1) is 0 Å². The first-order valence-corrected chi connectivity index (χ1v) is 7.55. The molecule has 0 saturated carbocycles. The average molecular weight is 280 g/mol. The highest BCUT2D eigenvalue weighted by atomic mass is 31.2. The first-order chi connectivity index (χ1) is 8.98. The Morgan fingerprint density at radius 1 is 0.947 bits per heavy atom. The zero-order valence-electron chi connectivity index (χ0n) is 9.97. The minimum atomic E-state index is -3.57. The molecule has 2 aromatic rings. The lowest BCUT2D eigenvalue weighted by molar-refractivity contribution is 0.452. The van der Waals surface area contributed by atoms with Crippen LogP contribution in [0.4, 0.5) is 0 Å². The van der Waals surface area contributed by atoms with Crippen LogP contribution in [0, 0.1) is 0 Å². The van der Waals surface area contributed by atoms with Gasteiger partial charge in [-0.1, -0.05) is 0 Å². The molecule has 0 aliphatic carbocycles. The molecular formula is C12H13N2O4P. The summed E-state index contributed by atoms with van der Waals surface area (Å²) in [7, 11) is -3.57. The standard InChI is InChI=1S/C12H13N2O4P/c15-11-5-13-3-1-9(11)7-19(17,18)8-10-2-4-14-6-12(10)16/h1-6,15-16H,7-8H2,(H,17,18). The molecular weight excluding hydrogens is 267 g/mol. The molecule has 6 nitrogen and oxygen atoms in total. The molecule has 3 N–H and O–H groups in total. The summed E-state index contributed by atoms with van der Waals surface area (Å²) in [5.41, 5.74) is 0.712. The van der Waals surface area contributed by atoms with Crippen LogP contribution in [0.15, 0.2) is 36.9 Å². The molecule has 0 unspecified atom stereocenters. The van der Waals surface area contributed by atoms with E-state index in [0.29, 0.717) is 11.1 Å². The van der Waals surface area contributed by atoms with Gasteiger partial charge >= 0.3 is 0 Å². The van der Waals surface area contributed by atoms with E-state index in [1.807, 2.05) is 0 Å². The third-order valence-electron chi connectivity index (χ3n) is 2.61. The summed E-state index contributed by atoms with van der Waals surface area (Å²) in [6.45, 7) is 0. The Balaban J connectivity index is 2.18. The van der Waals surface area contributed by atoms with Crippen molar-refractivity contribution < 1.29 is 19.7 Å². The molecule has 0 atom stereocenters. The summed E-state index contributed by atoms with van der Waals surface area (Å²) < 4.78 is 12.1. The van der Waals surface area contributed by atoms with Crippen molar-refractivity contribution in [3.8, 4) is 11.5 Å². The maximum Gasteiger partial charge on any atom is 0.209 e. The number of rotatable bonds is 4. The predicted octanol–water partition coefficient (Wildman–Crippen LogP) is 1.86. The highest BCUT2D eigenvalue weighted by Gasteiger charge is 2.22. The van der Waals surface area contributed by atoms with Crippen molar-refractivity contribution in [2.75, 3.05) is 0 Å². The van der Waals surface area contributed by atoms with Gasteiger partial charge in [0.2, 0.25) is 7.37 Å². The van der Waals surface area contributed by atoms with E-state index >= 15 is 0 Å². The van der Waals surface area contributed by atoms with Crippen LogP contribution in [0.25, 0.3) is 0 Å². The van der Waals surface area contributed by atoms with Gasteiger partial charge in [0.05, 0.1) is 24.7 Å². The Morgan fingerprint density at radius 3 is 1.74 bits per heavy atom. The van der Waals surface area contributed by atoms with Gasteiger partial charge in [-0.2, -0.15) is 0 Å². The minimum Gasteiger partial charge on any atom is -0.506 e. The normalized spacial score (nSPS) is 11.4. The second-order valence-corrected chi connectivity index (χ2v) is 6.50. The van der Waals surface area contributed by atoms with Gasteiger partial charge in [0.15, 0.2) is 0 Å². The van der Waals surface area contributed by atoms with E-state index in [9.17, 15) is 19.7 Å². The Kier molecular flexibility index (Phi) is 3.83. The molecule has 0 fully saturated rings. The first-order valence-electron chi connectivity index (χ1n) is 5.52. The maximum absolute atomic E-state index is 12.1. The van der Waals surface area contributed by atoms with Crippen LogP contribution in [0.1, 0.15) is 11.1 Å². The zero-order chi connectivity index (χ0) is 13.9. The number of hydrogen-bond acceptors (Lipinski definition) is 5. The van der Waals surface area contributed by atoms with E-state index in [4.69, 9.17) is 0 Å². The van der Waals surface area contributed by atoms with Crippen LogP contribution < -0.4 is 0 Å². The highest BCUT2D eigenvalue weighted by molar-refractivity contribution is 7.56. The molecule has 2 heterocycles. The maximum atomic E-state index is 12.1. The van der Waals surface area contributed by atoms with Crippen LogP contribution >= 0.6 is 7.37 Å². The summed E-state index contributed by atoms with van der Waals surface area (Å²) in [6, 6.07) is 2.98. The quantitative estimate of drug-likeness (QED) is 0.738. The number of nitrogens with zero attached hydrogens (tertiary/aromatic N) is 2. The van der Waals surface area contributed by atoms with Crippen LogP contribution in [0.5, 0.6) is 11.5 Å². The smallest absolute Gasteiger partial charge is 0.209 e. The van der Waals surface area contributed by atoms with Crippen LogP contribution in [-0.2, 0) is 16.9 Å². The molecule has 0 saturated heterocycles. The summed E-state index contributed by atoms with van der Waals surface area (Å²) in [4.78, 5) is 17.4. The van der Waals surface area contributed by atoms with Crippen molar-refractivity contribution >= 4 is 7.37 Å². The average Bonchev–Trinajstić information content (AvgIpc) is 2.35. The number of hydrogen-bond donors (Lipinski definition) is 3. The van der Waals surface area contributed by atoms with Crippen molar-refractivity contribution in [3.05, 3.63) is 48.0 Å². The lowest BCUT2D eigenvalue weighted by Gasteiger charge is -2.13. The molecule has 0 aromatic carbocycles. The van der Waals surface area contributed by atoms with E-state index < -0.39 is 7.37 Å². The van der Waals surface area contributed by atoms with E-state index in [1.54, 1.807) is 0 Å². The molecule has 7 heteroatoms. The molecule has 100 valence electrons. The molecule has 0 spiro atoms. The Morgan fingerprint density at radius 2 is 1.37 bits per heavy atom. The van der Waals surface area contributed by atoms with Crippen molar-refractivity contribution in [2.45, 2.75) is 12.3 Å². The summed E-state index contributed by atoms with van der Waals surface area (Å²) in [5.74, 6) is -0.230. The van der Waals surface area contributed by atoms with Gasteiger partial charge in [0.25, 0.3) is 0 Å². The molecule has 19 heavy (non-hydrogen) atoms. The van der Waals surface area contributed by atoms with E-state index in [0.717, 1.165) is 0 Å². The fraction of sp³-hybridized carbons (Fsp3) is 0.167. The molecule has 0 aliphatic heterocycles. The number of pyridine rings is 2. The fourth-order valence-corrected chi connectivity index (χ4v) is 3.40. The van der Waals surface area contributed by atoms with Crippen molar-refractivity contribution in [2.24, 2.45) is 0 Å². The number of aromatic nitrogens is 2. The van der Waals surface area contributed by atoms with Crippen LogP contribution in [0.2, 0.25) is 0 Å². The van der Waals surface area contributed by atoms with Gasteiger partial charge in [-0.25, -0.2) is 0 Å². The lowest BCUT2D eigenvalue weighted by atomic mass is 10.3. The molecule has 0 radical (unpaired) electrons. The number of aromatic hydroxyl groups is 2. The SMILES string of the molecule is O=P(O)(Cc1ccncc1O)Cc1ccncc1O. The third-order valence-corrected chi connectivity index (χ3v) is 4.28. The molecule has 0 amide bonds. The molecule has 2 rings (SSSR count). The molecule has 0 aliphatic rings. The highest BCUT2D eigenvalue weighted by Crippen LogP contribution is 2.50. The summed E-state index contributed by atoms with van der Waals surface area (Å²) in [5, 5.41) is 19.1. The monoisotopic (exact) mass is 280 g/mol. The van der Waals surface area contributed by atoms with Gasteiger partial charge in [-0.3, -0.25) is 14.5 Å². The lowest BCUT2D eigenvalue weighted by Crippen LogP contribution is -1.94. The minimum absolute atomic E-state index is 0.115. The van der Waals surface area contributed by atoms with Gasteiger partial charge in [0, 0.05) is 23.5 Å². The second kappa shape index (κ2) is 5.38. The van der Waals surface area contributed by atoms with E-state index in [-0.39, 0.29) is 23.8 Å². The van der Waals surface area contributed by atoms with E-state index in [2.05, 4.69) is 9.97 Å². The zero-order valence-corrected chi connectivity index (χ0v) is 10.9.